The summed E-state index contributed by atoms with van der Waals surface area (Å²) in [5.74, 6) is 0.722. The lowest BCUT2D eigenvalue weighted by Gasteiger charge is -2.20. The maximum Gasteiger partial charge on any atom is 0.256 e. The van der Waals surface area contributed by atoms with Crippen LogP contribution < -0.4 is 4.74 Å². The van der Waals surface area contributed by atoms with E-state index in [1.807, 2.05) is 50.2 Å². The van der Waals surface area contributed by atoms with Crippen molar-refractivity contribution < 1.29 is 9.53 Å². The minimum Gasteiger partial charge on any atom is -0.496 e. The quantitative estimate of drug-likeness (QED) is 0.616. The Bertz CT molecular complexity index is 977. The first-order valence-electron chi connectivity index (χ1n) is 8.93. The average Bonchev–Trinajstić information content (AvgIpc) is 2.71. The molecule has 1 aromatic carbocycles. The zero-order valence-corrected chi connectivity index (χ0v) is 17.3. The van der Waals surface area contributed by atoms with Crippen molar-refractivity contribution in [1.82, 2.24) is 14.9 Å². The number of amides is 1. The monoisotopic (exact) mass is 393 g/mol. The van der Waals surface area contributed by atoms with Gasteiger partial charge in [0.05, 0.1) is 24.9 Å². The summed E-state index contributed by atoms with van der Waals surface area (Å²) in [6, 6.07) is 13.5. The van der Waals surface area contributed by atoms with Crippen molar-refractivity contribution in [2.75, 3.05) is 14.2 Å². The first-order valence-corrected chi connectivity index (χ1v) is 9.75. The second kappa shape index (κ2) is 8.89. The first kappa shape index (κ1) is 19.9. The molecule has 0 N–H and O–H groups in total. The van der Waals surface area contributed by atoms with Gasteiger partial charge >= 0.3 is 0 Å². The van der Waals surface area contributed by atoms with E-state index in [1.165, 1.54) is 11.8 Å². The van der Waals surface area contributed by atoms with Crippen molar-refractivity contribution in [3.63, 3.8) is 0 Å². The van der Waals surface area contributed by atoms with Gasteiger partial charge in [-0.2, -0.15) is 0 Å². The lowest BCUT2D eigenvalue weighted by Crippen LogP contribution is -2.27. The summed E-state index contributed by atoms with van der Waals surface area (Å²) in [7, 11) is 3.43. The number of benzene rings is 1. The molecule has 0 spiro atoms. The van der Waals surface area contributed by atoms with E-state index in [1.54, 1.807) is 37.5 Å². The molecule has 0 aliphatic heterocycles. The molecule has 0 fully saturated rings. The van der Waals surface area contributed by atoms with Gasteiger partial charge in [-0.05, 0) is 38.1 Å². The van der Waals surface area contributed by atoms with Crippen molar-refractivity contribution in [3.05, 3.63) is 77.2 Å². The van der Waals surface area contributed by atoms with E-state index < -0.39 is 0 Å². The second-order valence-corrected chi connectivity index (χ2v) is 7.54. The summed E-state index contributed by atoms with van der Waals surface area (Å²) in [6.07, 6.45) is 3.48. The number of aromatic nitrogens is 2. The van der Waals surface area contributed by atoms with E-state index in [0.717, 1.165) is 27.5 Å². The number of ether oxygens (including phenoxy) is 1. The van der Waals surface area contributed by atoms with E-state index in [0.29, 0.717) is 17.1 Å². The van der Waals surface area contributed by atoms with Crippen molar-refractivity contribution in [1.29, 1.82) is 0 Å². The Kier molecular flexibility index (Phi) is 6.31. The van der Waals surface area contributed by atoms with Crippen LogP contribution in [-0.4, -0.2) is 34.9 Å². The molecule has 3 aromatic rings. The molecular formula is C22H23N3O2S. The number of hydrogen-bond donors (Lipinski definition) is 0. The molecule has 0 bridgehead atoms. The van der Waals surface area contributed by atoms with Gasteiger partial charge in [0.25, 0.3) is 5.91 Å². The number of carbonyl (C=O) groups excluding carboxylic acids is 1. The highest BCUT2D eigenvalue weighted by atomic mass is 32.2. The zero-order chi connectivity index (χ0) is 20.1. The molecule has 0 saturated carbocycles. The van der Waals surface area contributed by atoms with Gasteiger partial charge in [0.15, 0.2) is 0 Å². The summed E-state index contributed by atoms with van der Waals surface area (Å²) in [6.45, 7) is 4.32. The van der Waals surface area contributed by atoms with E-state index in [2.05, 4.69) is 9.97 Å². The molecule has 3 rings (SSSR count). The van der Waals surface area contributed by atoms with Crippen LogP contribution in [0.4, 0.5) is 0 Å². The van der Waals surface area contributed by atoms with Crippen LogP contribution in [0, 0.1) is 13.8 Å². The standard InChI is InChI=1S/C22H23N3O2S/c1-15-13-24-19(16(2)20(15)27-4)14-25(3)22(26)18-11-8-12-23-21(18)28-17-9-6-5-7-10-17/h5-13H,14H2,1-4H3. The van der Waals surface area contributed by atoms with Crippen LogP contribution in [0.1, 0.15) is 27.2 Å². The molecule has 144 valence electrons. The number of rotatable bonds is 6. The van der Waals surface area contributed by atoms with Crippen molar-refractivity contribution in [2.45, 2.75) is 30.3 Å². The number of carbonyl (C=O) groups is 1. The van der Waals surface area contributed by atoms with Gasteiger partial charge in [0, 0.05) is 35.5 Å². The number of pyridine rings is 2. The Balaban J connectivity index is 1.83. The SMILES string of the molecule is COc1c(C)cnc(CN(C)C(=O)c2cccnc2Sc2ccccc2)c1C. The Morgan fingerprint density at radius 1 is 1.11 bits per heavy atom. The van der Waals surface area contributed by atoms with E-state index in [4.69, 9.17) is 4.74 Å². The van der Waals surface area contributed by atoms with Gasteiger partial charge in [0.2, 0.25) is 0 Å². The molecule has 6 heteroatoms. The highest BCUT2D eigenvalue weighted by molar-refractivity contribution is 7.99. The molecule has 28 heavy (non-hydrogen) atoms. The van der Waals surface area contributed by atoms with Crippen LogP contribution in [-0.2, 0) is 6.54 Å². The van der Waals surface area contributed by atoms with Gasteiger partial charge in [-0.25, -0.2) is 4.98 Å². The summed E-state index contributed by atoms with van der Waals surface area (Å²) < 4.78 is 5.47. The zero-order valence-electron chi connectivity index (χ0n) is 16.5. The normalized spacial score (nSPS) is 10.6. The molecule has 0 aliphatic rings. The summed E-state index contributed by atoms with van der Waals surface area (Å²) in [5.41, 5.74) is 3.33. The Morgan fingerprint density at radius 2 is 1.86 bits per heavy atom. The van der Waals surface area contributed by atoms with Gasteiger partial charge in [-0.3, -0.25) is 9.78 Å². The predicted molar refractivity (Wildman–Crippen MR) is 111 cm³/mol. The molecule has 0 saturated heterocycles. The third kappa shape index (κ3) is 4.34. The molecule has 0 unspecified atom stereocenters. The molecule has 0 atom stereocenters. The smallest absolute Gasteiger partial charge is 0.256 e. The fourth-order valence-corrected chi connectivity index (χ4v) is 3.86. The van der Waals surface area contributed by atoms with Crippen molar-refractivity contribution in [2.24, 2.45) is 0 Å². The minimum atomic E-state index is -0.0905. The first-order chi connectivity index (χ1) is 13.5. The maximum atomic E-state index is 13.1. The lowest BCUT2D eigenvalue weighted by molar-refractivity contribution is 0.0779. The molecule has 0 aliphatic carbocycles. The Hall–Kier alpha value is -2.86. The topological polar surface area (TPSA) is 55.3 Å². The highest BCUT2D eigenvalue weighted by Crippen LogP contribution is 2.29. The van der Waals surface area contributed by atoms with Gasteiger partial charge in [0.1, 0.15) is 10.8 Å². The van der Waals surface area contributed by atoms with Crippen LogP contribution >= 0.6 is 11.8 Å². The Morgan fingerprint density at radius 3 is 2.57 bits per heavy atom. The maximum absolute atomic E-state index is 13.1. The number of nitrogens with zero attached hydrogens (tertiary/aromatic N) is 3. The fraction of sp³-hybridized carbons (Fsp3) is 0.227. The largest absolute Gasteiger partial charge is 0.496 e. The van der Waals surface area contributed by atoms with Crippen molar-refractivity contribution in [3.8, 4) is 5.75 Å². The summed E-state index contributed by atoms with van der Waals surface area (Å²) in [5, 5.41) is 0.691. The molecular weight excluding hydrogens is 370 g/mol. The van der Waals surface area contributed by atoms with E-state index in [9.17, 15) is 4.79 Å². The van der Waals surface area contributed by atoms with Crippen molar-refractivity contribution >= 4 is 17.7 Å². The molecule has 5 nitrogen and oxygen atoms in total. The molecule has 1 amide bonds. The molecule has 2 heterocycles. The number of hydrogen-bond acceptors (Lipinski definition) is 5. The summed E-state index contributed by atoms with van der Waals surface area (Å²) >= 11 is 1.48. The molecule has 2 aromatic heterocycles. The average molecular weight is 394 g/mol. The van der Waals surface area contributed by atoms with Gasteiger partial charge in [-0.1, -0.05) is 30.0 Å². The summed E-state index contributed by atoms with van der Waals surface area (Å²) in [4.78, 5) is 24.7. The van der Waals surface area contributed by atoms with E-state index >= 15 is 0 Å². The van der Waals surface area contributed by atoms with Crippen LogP contribution in [0.5, 0.6) is 5.75 Å². The van der Waals surface area contributed by atoms with Gasteiger partial charge in [-0.15, -0.1) is 0 Å². The number of aryl methyl sites for hydroxylation is 1. The second-order valence-electron chi connectivity index (χ2n) is 6.48. The van der Waals surface area contributed by atoms with Gasteiger partial charge < -0.3 is 9.64 Å². The fourth-order valence-electron chi connectivity index (χ4n) is 2.97. The third-order valence-electron chi connectivity index (χ3n) is 4.44. The van der Waals surface area contributed by atoms with Crippen LogP contribution in [0.2, 0.25) is 0 Å². The Labute approximate surface area is 169 Å². The lowest BCUT2D eigenvalue weighted by atomic mass is 10.1. The number of methoxy groups -OCH3 is 1. The van der Waals surface area contributed by atoms with E-state index in [-0.39, 0.29) is 5.91 Å². The predicted octanol–water partition coefficient (Wildman–Crippen LogP) is 4.53. The third-order valence-corrected chi connectivity index (χ3v) is 5.47. The molecule has 0 radical (unpaired) electrons. The minimum absolute atomic E-state index is 0.0905. The highest BCUT2D eigenvalue weighted by Gasteiger charge is 2.19. The van der Waals surface area contributed by atoms with Crippen LogP contribution in [0.15, 0.2) is 64.8 Å². The van der Waals surface area contributed by atoms with Crippen LogP contribution in [0.3, 0.4) is 0 Å². The van der Waals surface area contributed by atoms with Crippen LogP contribution in [0.25, 0.3) is 0 Å².